The highest BCUT2D eigenvalue weighted by molar-refractivity contribution is 7.92. The van der Waals surface area contributed by atoms with Crippen molar-refractivity contribution < 1.29 is 22.7 Å². The van der Waals surface area contributed by atoms with Crippen molar-refractivity contribution >= 4 is 50.7 Å². The molecular weight excluding hydrogens is 513 g/mol. The maximum absolute atomic E-state index is 13.3. The lowest BCUT2D eigenvalue weighted by Crippen LogP contribution is -2.48. The molecule has 0 bridgehead atoms. The Hall–Kier alpha value is -2.49. The number of anilines is 1. The molecule has 1 atom stereocenters. The fourth-order valence-corrected chi connectivity index (χ4v) is 5.24. The van der Waals surface area contributed by atoms with Crippen LogP contribution in [0.3, 0.4) is 0 Å². The molecule has 0 saturated heterocycles. The minimum Gasteiger partial charge on any atom is -0.495 e. The number of hydrogen-bond acceptors (Lipinski definition) is 5. The fraction of sp³-hybridized carbons (Fsp3) is 0.417. The third kappa shape index (κ3) is 7.49. The molecule has 0 heterocycles. The summed E-state index contributed by atoms with van der Waals surface area (Å²) in [6, 6.07) is 11.1. The maximum Gasteiger partial charge on any atom is 0.242 e. The van der Waals surface area contributed by atoms with Crippen LogP contribution in [0.4, 0.5) is 5.69 Å². The number of carbonyl (C=O) groups is 2. The second-order valence-corrected chi connectivity index (χ2v) is 10.6. The summed E-state index contributed by atoms with van der Waals surface area (Å²) in [5.74, 6) is -0.217. The van der Waals surface area contributed by atoms with Crippen LogP contribution in [0.15, 0.2) is 42.5 Å². The molecule has 2 aromatic rings. The van der Waals surface area contributed by atoms with Crippen molar-refractivity contribution in [1.82, 2.24) is 10.2 Å². The second kappa shape index (κ2) is 13.0. The normalized spacial score (nSPS) is 12.1. The van der Waals surface area contributed by atoms with Crippen LogP contribution >= 0.6 is 23.2 Å². The van der Waals surface area contributed by atoms with Crippen LogP contribution in [0, 0.1) is 0 Å². The van der Waals surface area contributed by atoms with Gasteiger partial charge in [0.25, 0.3) is 0 Å². The minimum absolute atomic E-state index is 0.0106. The van der Waals surface area contributed by atoms with Crippen LogP contribution < -0.4 is 14.4 Å². The fourth-order valence-electron chi connectivity index (χ4n) is 3.76. The number of halogens is 2. The average Bonchev–Trinajstić information content (AvgIpc) is 2.82. The molecule has 0 saturated carbocycles. The van der Waals surface area contributed by atoms with Crippen molar-refractivity contribution in [1.29, 1.82) is 0 Å². The van der Waals surface area contributed by atoms with E-state index in [9.17, 15) is 18.0 Å². The molecule has 0 radical (unpaired) electrons. The summed E-state index contributed by atoms with van der Waals surface area (Å²) in [4.78, 5) is 27.3. The van der Waals surface area contributed by atoms with Crippen molar-refractivity contribution in [3.05, 3.63) is 58.1 Å². The smallest absolute Gasteiger partial charge is 0.242 e. The van der Waals surface area contributed by atoms with Crippen LogP contribution in [0.2, 0.25) is 10.0 Å². The van der Waals surface area contributed by atoms with Crippen molar-refractivity contribution in [3.8, 4) is 5.75 Å². The maximum atomic E-state index is 13.3. The third-order valence-corrected chi connectivity index (χ3v) is 7.42. The predicted molar refractivity (Wildman–Crippen MR) is 140 cm³/mol. The van der Waals surface area contributed by atoms with Crippen molar-refractivity contribution in [3.63, 3.8) is 0 Å². The molecule has 0 aromatic heterocycles. The molecule has 192 valence electrons. The molecule has 0 fully saturated rings. The molecular formula is C24H31Cl2N3O5S. The first-order valence-corrected chi connectivity index (χ1v) is 13.7. The summed E-state index contributed by atoms with van der Waals surface area (Å²) in [5.41, 5.74) is 0.930. The number of para-hydroxylation sites is 2. The highest BCUT2D eigenvalue weighted by atomic mass is 35.5. The number of carbonyl (C=O) groups excluding carboxylic acids is 2. The van der Waals surface area contributed by atoms with E-state index in [0.29, 0.717) is 33.5 Å². The van der Waals surface area contributed by atoms with E-state index in [1.165, 1.54) is 23.4 Å². The Kier molecular flexibility index (Phi) is 10.7. The van der Waals surface area contributed by atoms with Crippen molar-refractivity contribution in [2.24, 2.45) is 0 Å². The number of benzene rings is 2. The van der Waals surface area contributed by atoms with Gasteiger partial charge in [-0.25, -0.2) is 8.42 Å². The van der Waals surface area contributed by atoms with Gasteiger partial charge in [0.15, 0.2) is 0 Å². The van der Waals surface area contributed by atoms with E-state index in [-0.39, 0.29) is 37.7 Å². The van der Waals surface area contributed by atoms with Gasteiger partial charge in [0.05, 0.1) is 19.1 Å². The number of nitrogens with one attached hydrogen (secondary N) is 1. The number of methoxy groups -OCH3 is 1. The third-order valence-electron chi connectivity index (χ3n) is 5.53. The summed E-state index contributed by atoms with van der Waals surface area (Å²) in [7, 11) is -0.668. The molecule has 2 amide bonds. The van der Waals surface area contributed by atoms with E-state index >= 15 is 0 Å². The SMILES string of the molecule is CC[C@H](C(=O)NC)N(Cc1c(Cl)cccc1Cl)C(=O)CCCN(c1ccccc1OC)S(C)(=O)=O. The molecule has 11 heteroatoms. The van der Waals surface area contributed by atoms with Gasteiger partial charge < -0.3 is 15.0 Å². The molecule has 35 heavy (non-hydrogen) atoms. The summed E-state index contributed by atoms with van der Waals surface area (Å²) in [5, 5.41) is 3.38. The molecule has 1 N–H and O–H groups in total. The molecule has 8 nitrogen and oxygen atoms in total. The lowest BCUT2D eigenvalue weighted by Gasteiger charge is -2.31. The Morgan fingerprint density at radius 2 is 1.71 bits per heavy atom. The van der Waals surface area contributed by atoms with Gasteiger partial charge in [-0.1, -0.05) is 48.3 Å². The Labute approximate surface area is 217 Å². The largest absolute Gasteiger partial charge is 0.495 e. The van der Waals surface area contributed by atoms with Gasteiger partial charge in [0.1, 0.15) is 11.8 Å². The first-order valence-electron chi connectivity index (χ1n) is 11.1. The summed E-state index contributed by atoms with van der Waals surface area (Å²) >= 11 is 12.6. The van der Waals surface area contributed by atoms with Gasteiger partial charge >= 0.3 is 0 Å². The van der Waals surface area contributed by atoms with Crippen LogP contribution in [0.1, 0.15) is 31.7 Å². The predicted octanol–water partition coefficient (Wildman–Crippen LogP) is 4.10. The molecule has 0 aliphatic carbocycles. The number of amides is 2. The molecule has 2 rings (SSSR count). The van der Waals surface area contributed by atoms with E-state index in [1.807, 2.05) is 6.92 Å². The van der Waals surface area contributed by atoms with Gasteiger partial charge in [-0.15, -0.1) is 0 Å². The van der Waals surface area contributed by atoms with E-state index in [4.69, 9.17) is 27.9 Å². The number of sulfonamides is 1. The summed E-state index contributed by atoms with van der Waals surface area (Å²) in [6.45, 7) is 1.91. The number of rotatable bonds is 12. The second-order valence-electron chi connectivity index (χ2n) is 7.87. The molecule has 0 aliphatic heterocycles. The van der Waals surface area contributed by atoms with Gasteiger partial charge in [-0.3, -0.25) is 13.9 Å². The van der Waals surface area contributed by atoms with E-state index in [1.54, 1.807) is 42.5 Å². The van der Waals surface area contributed by atoms with Gasteiger partial charge in [0, 0.05) is 42.2 Å². The Morgan fingerprint density at radius 1 is 1.09 bits per heavy atom. The minimum atomic E-state index is -3.64. The summed E-state index contributed by atoms with van der Waals surface area (Å²) in [6.07, 6.45) is 1.72. The zero-order valence-electron chi connectivity index (χ0n) is 20.3. The standard InChI is InChI=1S/C24H31Cl2N3O5S/c1-5-20(24(31)27-2)28(16-17-18(25)10-8-11-19(17)26)23(30)14-9-15-29(35(4,32)33)21-12-6-7-13-22(21)34-3/h6-8,10-13,20H,5,9,14-16H2,1-4H3,(H,27,31)/t20-/m1/s1. The van der Waals surface area contributed by atoms with Crippen molar-refractivity contribution in [2.75, 3.05) is 31.3 Å². The first-order chi connectivity index (χ1) is 16.5. The van der Waals surface area contributed by atoms with Crippen LogP contribution in [0.25, 0.3) is 0 Å². The van der Waals surface area contributed by atoms with Crippen LogP contribution in [-0.4, -0.2) is 58.1 Å². The highest BCUT2D eigenvalue weighted by Gasteiger charge is 2.29. The Bertz CT molecular complexity index is 1120. The quantitative estimate of drug-likeness (QED) is 0.434. The lowest BCUT2D eigenvalue weighted by atomic mass is 10.1. The molecule has 2 aromatic carbocycles. The van der Waals surface area contributed by atoms with Crippen molar-refractivity contribution in [2.45, 2.75) is 38.8 Å². The Balaban J connectivity index is 2.27. The van der Waals surface area contributed by atoms with E-state index < -0.39 is 16.1 Å². The molecule has 0 aliphatic rings. The van der Waals surface area contributed by atoms with Crippen LogP contribution in [-0.2, 0) is 26.2 Å². The van der Waals surface area contributed by atoms with Gasteiger partial charge in [-0.2, -0.15) is 0 Å². The Morgan fingerprint density at radius 3 is 2.26 bits per heavy atom. The first kappa shape index (κ1) is 28.7. The number of likely N-dealkylation sites (N-methyl/N-ethyl adjacent to an activating group) is 1. The molecule has 0 spiro atoms. The monoisotopic (exact) mass is 543 g/mol. The zero-order chi connectivity index (χ0) is 26.2. The highest BCUT2D eigenvalue weighted by Crippen LogP contribution is 2.30. The van der Waals surface area contributed by atoms with E-state index in [0.717, 1.165) is 6.26 Å². The lowest BCUT2D eigenvalue weighted by molar-refractivity contribution is -0.141. The zero-order valence-corrected chi connectivity index (χ0v) is 22.6. The number of nitrogens with zero attached hydrogens (tertiary/aromatic N) is 2. The van der Waals surface area contributed by atoms with E-state index in [2.05, 4.69) is 5.32 Å². The molecule has 0 unspecified atom stereocenters. The number of ether oxygens (including phenoxy) is 1. The summed E-state index contributed by atoms with van der Waals surface area (Å²) < 4.78 is 31.5. The van der Waals surface area contributed by atoms with Gasteiger partial charge in [-0.05, 0) is 37.1 Å². The number of hydrogen-bond donors (Lipinski definition) is 1. The average molecular weight is 545 g/mol. The topological polar surface area (TPSA) is 96.0 Å². The van der Waals surface area contributed by atoms with Crippen LogP contribution in [0.5, 0.6) is 5.75 Å². The van der Waals surface area contributed by atoms with Gasteiger partial charge in [0.2, 0.25) is 21.8 Å².